The minimum atomic E-state index is -0.328. The van der Waals surface area contributed by atoms with Crippen LogP contribution in [0.4, 0.5) is 5.69 Å². The first-order valence-corrected chi connectivity index (χ1v) is 5.67. The second kappa shape index (κ2) is 6.00. The maximum absolute atomic E-state index is 12.2. The number of hydrogen-bond donors (Lipinski definition) is 1. The zero-order valence-corrected chi connectivity index (χ0v) is 10.9. The van der Waals surface area contributed by atoms with Crippen LogP contribution in [0.1, 0.15) is 17.4 Å². The lowest BCUT2D eigenvalue weighted by Crippen LogP contribution is -2.40. The molecule has 0 saturated heterocycles. The van der Waals surface area contributed by atoms with Gasteiger partial charge < -0.3 is 15.5 Å². The Labute approximate surface area is 106 Å². The van der Waals surface area contributed by atoms with E-state index in [1.165, 1.54) is 16.0 Å². The standard InChI is InChI=1S/C12H18N4O2/c1-4-16(8-10(17)15(2)3)12(18)11-9(13)6-5-7-14-11/h5-7H,4,8,13H2,1-3H3. The number of nitrogen functional groups attached to an aromatic ring is 1. The number of pyridine rings is 1. The van der Waals surface area contributed by atoms with Gasteiger partial charge in [0.2, 0.25) is 5.91 Å². The third kappa shape index (κ3) is 3.19. The van der Waals surface area contributed by atoms with E-state index in [9.17, 15) is 9.59 Å². The summed E-state index contributed by atoms with van der Waals surface area (Å²) in [5.41, 5.74) is 6.20. The Hall–Kier alpha value is -2.11. The SMILES string of the molecule is CCN(CC(=O)N(C)C)C(=O)c1ncccc1N. The van der Waals surface area contributed by atoms with Gasteiger partial charge in [-0.15, -0.1) is 0 Å². The van der Waals surface area contributed by atoms with Gasteiger partial charge in [0.1, 0.15) is 6.54 Å². The van der Waals surface area contributed by atoms with E-state index in [1.807, 2.05) is 0 Å². The van der Waals surface area contributed by atoms with Crippen LogP contribution in [0.25, 0.3) is 0 Å². The van der Waals surface area contributed by atoms with Gasteiger partial charge in [-0.3, -0.25) is 9.59 Å². The Kier molecular flexibility index (Phi) is 4.65. The van der Waals surface area contributed by atoms with E-state index in [0.29, 0.717) is 12.2 Å². The molecule has 6 heteroatoms. The molecule has 1 heterocycles. The maximum Gasteiger partial charge on any atom is 0.275 e. The van der Waals surface area contributed by atoms with Crippen molar-refractivity contribution in [1.29, 1.82) is 0 Å². The highest BCUT2D eigenvalue weighted by atomic mass is 16.2. The molecule has 0 saturated carbocycles. The Morgan fingerprint density at radius 2 is 2.06 bits per heavy atom. The predicted molar refractivity (Wildman–Crippen MR) is 68.9 cm³/mol. The van der Waals surface area contributed by atoms with Crippen LogP contribution >= 0.6 is 0 Å². The van der Waals surface area contributed by atoms with Crippen molar-refractivity contribution >= 4 is 17.5 Å². The summed E-state index contributed by atoms with van der Waals surface area (Å²) in [5, 5.41) is 0. The number of likely N-dealkylation sites (N-methyl/N-ethyl adjacent to an activating group) is 2. The Morgan fingerprint density at radius 1 is 1.39 bits per heavy atom. The summed E-state index contributed by atoms with van der Waals surface area (Å²) in [6, 6.07) is 3.27. The molecular formula is C12H18N4O2. The number of rotatable bonds is 4. The van der Waals surface area contributed by atoms with E-state index in [0.717, 1.165) is 0 Å². The molecule has 0 unspecified atom stereocenters. The van der Waals surface area contributed by atoms with E-state index < -0.39 is 0 Å². The number of hydrogen-bond acceptors (Lipinski definition) is 4. The molecule has 6 nitrogen and oxygen atoms in total. The molecule has 0 aliphatic carbocycles. The first-order valence-electron chi connectivity index (χ1n) is 5.67. The van der Waals surface area contributed by atoms with Gasteiger partial charge in [0.15, 0.2) is 5.69 Å². The van der Waals surface area contributed by atoms with Gasteiger partial charge in [-0.2, -0.15) is 0 Å². The summed E-state index contributed by atoms with van der Waals surface area (Å²) < 4.78 is 0. The van der Waals surface area contributed by atoms with Crippen molar-refractivity contribution in [1.82, 2.24) is 14.8 Å². The molecule has 0 atom stereocenters. The van der Waals surface area contributed by atoms with Gasteiger partial charge in [-0.05, 0) is 19.1 Å². The minimum absolute atomic E-state index is 0.0261. The van der Waals surface area contributed by atoms with Gasteiger partial charge in [0.25, 0.3) is 5.91 Å². The van der Waals surface area contributed by atoms with Crippen LogP contribution in [0.15, 0.2) is 18.3 Å². The third-order valence-corrected chi connectivity index (χ3v) is 2.54. The summed E-state index contributed by atoms with van der Waals surface area (Å²) >= 11 is 0. The average Bonchev–Trinajstić information content (AvgIpc) is 2.35. The summed E-state index contributed by atoms with van der Waals surface area (Å²) in [6.07, 6.45) is 1.51. The largest absolute Gasteiger partial charge is 0.397 e. The van der Waals surface area contributed by atoms with E-state index in [4.69, 9.17) is 5.73 Å². The average molecular weight is 250 g/mol. The van der Waals surface area contributed by atoms with Crippen LogP contribution in [0.2, 0.25) is 0 Å². The summed E-state index contributed by atoms with van der Waals surface area (Å²) in [7, 11) is 3.30. The van der Waals surface area contributed by atoms with Crippen molar-refractivity contribution in [2.75, 3.05) is 32.9 Å². The van der Waals surface area contributed by atoms with Crippen molar-refractivity contribution in [3.63, 3.8) is 0 Å². The summed E-state index contributed by atoms with van der Waals surface area (Å²) in [6.45, 7) is 2.26. The van der Waals surface area contributed by atoms with Gasteiger partial charge >= 0.3 is 0 Å². The van der Waals surface area contributed by atoms with Gasteiger partial charge in [-0.1, -0.05) is 0 Å². The summed E-state index contributed by atoms with van der Waals surface area (Å²) in [4.78, 5) is 30.6. The second-order valence-electron chi connectivity index (χ2n) is 4.05. The highest BCUT2D eigenvalue weighted by molar-refractivity contribution is 5.98. The number of anilines is 1. The van der Waals surface area contributed by atoms with E-state index >= 15 is 0 Å². The van der Waals surface area contributed by atoms with Crippen molar-refractivity contribution in [2.24, 2.45) is 0 Å². The lowest BCUT2D eigenvalue weighted by Gasteiger charge is -2.22. The number of amides is 2. The zero-order chi connectivity index (χ0) is 13.7. The molecular weight excluding hydrogens is 232 g/mol. The highest BCUT2D eigenvalue weighted by Gasteiger charge is 2.20. The molecule has 2 amide bonds. The van der Waals surface area contributed by atoms with Crippen LogP contribution in [0, 0.1) is 0 Å². The van der Waals surface area contributed by atoms with Gasteiger partial charge in [0.05, 0.1) is 5.69 Å². The molecule has 2 N–H and O–H groups in total. The third-order valence-electron chi connectivity index (χ3n) is 2.54. The predicted octanol–water partition coefficient (Wildman–Crippen LogP) is 0.214. The number of nitrogens with zero attached hydrogens (tertiary/aromatic N) is 3. The van der Waals surface area contributed by atoms with Crippen LogP contribution in [0.3, 0.4) is 0 Å². The fourth-order valence-corrected chi connectivity index (χ4v) is 1.38. The van der Waals surface area contributed by atoms with Gasteiger partial charge in [0, 0.05) is 26.8 Å². The Balaban J connectivity index is 2.87. The van der Waals surface area contributed by atoms with E-state index in [2.05, 4.69) is 4.98 Å². The van der Waals surface area contributed by atoms with Crippen LogP contribution in [-0.2, 0) is 4.79 Å². The molecule has 0 bridgehead atoms. The highest BCUT2D eigenvalue weighted by Crippen LogP contribution is 2.10. The van der Waals surface area contributed by atoms with Gasteiger partial charge in [-0.25, -0.2) is 4.98 Å². The van der Waals surface area contributed by atoms with E-state index in [1.54, 1.807) is 33.2 Å². The quantitative estimate of drug-likeness (QED) is 0.828. The smallest absolute Gasteiger partial charge is 0.275 e. The molecule has 98 valence electrons. The minimum Gasteiger partial charge on any atom is -0.397 e. The van der Waals surface area contributed by atoms with Crippen LogP contribution < -0.4 is 5.73 Å². The van der Waals surface area contributed by atoms with Crippen molar-refractivity contribution in [3.05, 3.63) is 24.0 Å². The molecule has 1 aromatic rings. The molecule has 0 spiro atoms. The molecule has 0 aliphatic heterocycles. The number of nitrogens with two attached hydrogens (primary N) is 1. The molecule has 1 aromatic heterocycles. The zero-order valence-electron chi connectivity index (χ0n) is 10.9. The normalized spacial score (nSPS) is 9.94. The number of carbonyl (C=O) groups is 2. The van der Waals surface area contributed by atoms with Crippen LogP contribution in [0.5, 0.6) is 0 Å². The van der Waals surface area contributed by atoms with Crippen molar-refractivity contribution < 1.29 is 9.59 Å². The Bertz CT molecular complexity index is 445. The molecule has 0 aliphatic rings. The van der Waals surface area contributed by atoms with E-state index in [-0.39, 0.29) is 24.1 Å². The molecule has 18 heavy (non-hydrogen) atoms. The van der Waals surface area contributed by atoms with Crippen LogP contribution in [-0.4, -0.2) is 53.8 Å². The Morgan fingerprint density at radius 3 is 2.56 bits per heavy atom. The molecule has 0 aromatic carbocycles. The fourth-order valence-electron chi connectivity index (χ4n) is 1.38. The lowest BCUT2D eigenvalue weighted by molar-refractivity contribution is -0.129. The fraction of sp³-hybridized carbons (Fsp3) is 0.417. The monoisotopic (exact) mass is 250 g/mol. The number of carbonyl (C=O) groups excluding carboxylic acids is 2. The van der Waals surface area contributed by atoms with Crippen molar-refractivity contribution in [3.8, 4) is 0 Å². The number of aromatic nitrogens is 1. The lowest BCUT2D eigenvalue weighted by atomic mass is 10.2. The van der Waals surface area contributed by atoms with Crippen molar-refractivity contribution in [2.45, 2.75) is 6.92 Å². The summed E-state index contributed by atoms with van der Waals surface area (Å²) in [5.74, 6) is -0.467. The molecule has 1 rings (SSSR count). The maximum atomic E-state index is 12.2. The topological polar surface area (TPSA) is 79.5 Å². The second-order valence-corrected chi connectivity index (χ2v) is 4.05. The molecule has 0 radical (unpaired) electrons. The molecule has 0 fully saturated rings. The first kappa shape index (κ1) is 14.0. The first-order chi connectivity index (χ1) is 8.47.